The number of nitrogens with two attached hydrogens (primary N) is 1. The topological polar surface area (TPSA) is 55.1 Å². The third-order valence-corrected chi connectivity index (χ3v) is 3.88. The summed E-state index contributed by atoms with van der Waals surface area (Å²) >= 11 is 0. The first kappa shape index (κ1) is 13.1. The minimum atomic E-state index is -0.951. The van der Waals surface area contributed by atoms with Gasteiger partial charge in [-0.2, -0.15) is 0 Å². The largest absolute Gasteiger partial charge is 0.351 e. The van der Waals surface area contributed by atoms with Gasteiger partial charge in [0.15, 0.2) is 0 Å². The number of benzene rings is 1. The molecule has 0 spiro atoms. The molecular formula is C15H22N2O. The molecule has 3 nitrogen and oxygen atoms in total. The van der Waals surface area contributed by atoms with Crippen LogP contribution in [0, 0.1) is 5.92 Å². The van der Waals surface area contributed by atoms with Crippen molar-refractivity contribution in [2.75, 3.05) is 0 Å². The minimum Gasteiger partial charge on any atom is -0.351 e. The zero-order valence-electron chi connectivity index (χ0n) is 11.1. The summed E-state index contributed by atoms with van der Waals surface area (Å²) in [5, 5.41) is 3.08. The van der Waals surface area contributed by atoms with Crippen LogP contribution >= 0.6 is 0 Å². The van der Waals surface area contributed by atoms with E-state index in [0.29, 0.717) is 12.0 Å². The Labute approximate surface area is 109 Å². The number of amides is 1. The summed E-state index contributed by atoms with van der Waals surface area (Å²) in [7, 11) is 0. The van der Waals surface area contributed by atoms with Crippen molar-refractivity contribution in [3.8, 4) is 0 Å². The lowest BCUT2D eigenvalue weighted by Gasteiger charge is -2.26. The molecule has 0 aliphatic heterocycles. The van der Waals surface area contributed by atoms with E-state index in [9.17, 15) is 4.79 Å². The van der Waals surface area contributed by atoms with Gasteiger partial charge in [0.05, 0.1) is 0 Å². The van der Waals surface area contributed by atoms with E-state index in [0.717, 1.165) is 18.4 Å². The Kier molecular flexibility index (Phi) is 3.71. The fourth-order valence-electron chi connectivity index (χ4n) is 2.59. The molecule has 1 saturated carbocycles. The summed E-state index contributed by atoms with van der Waals surface area (Å²) in [5.74, 6) is 0.629. The highest BCUT2D eigenvalue weighted by Gasteiger charge is 2.33. The Morgan fingerprint density at radius 2 is 2.00 bits per heavy atom. The second-order valence-electron chi connectivity index (χ2n) is 5.66. The van der Waals surface area contributed by atoms with Crippen molar-refractivity contribution in [2.24, 2.45) is 11.7 Å². The standard InChI is InChI=1S/C15H22N2O/c1-11-8-9-13(10-11)17-14(18)15(2,16)12-6-4-3-5-7-12/h3-7,11,13H,8-10,16H2,1-2H3,(H,17,18). The average molecular weight is 246 g/mol. The van der Waals surface area contributed by atoms with Crippen molar-refractivity contribution in [1.29, 1.82) is 0 Å². The van der Waals surface area contributed by atoms with Crippen LogP contribution in [0.3, 0.4) is 0 Å². The lowest BCUT2D eigenvalue weighted by Crippen LogP contribution is -2.51. The van der Waals surface area contributed by atoms with E-state index in [2.05, 4.69) is 12.2 Å². The monoisotopic (exact) mass is 246 g/mol. The first-order valence-electron chi connectivity index (χ1n) is 6.65. The lowest BCUT2D eigenvalue weighted by molar-refractivity contribution is -0.126. The molecule has 1 aromatic carbocycles. The predicted molar refractivity (Wildman–Crippen MR) is 72.9 cm³/mol. The molecule has 0 aromatic heterocycles. The fraction of sp³-hybridized carbons (Fsp3) is 0.533. The van der Waals surface area contributed by atoms with Crippen LogP contribution in [0.4, 0.5) is 0 Å². The SMILES string of the molecule is CC1CCC(NC(=O)C(C)(N)c2ccccc2)C1. The first-order chi connectivity index (χ1) is 8.50. The number of hydrogen-bond donors (Lipinski definition) is 2. The van der Waals surface area contributed by atoms with Crippen LogP contribution in [0.2, 0.25) is 0 Å². The van der Waals surface area contributed by atoms with E-state index in [4.69, 9.17) is 5.73 Å². The normalized spacial score (nSPS) is 26.6. The third-order valence-electron chi connectivity index (χ3n) is 3.88. The van der Waals surface area contributed by atoms with E-state index in [1.165, 1.54) is 6.42 Å². The van der Waals surface area contributed by atoms with Gasteiger partial charge in [0, 0.05) is 6.04 Å². The summed E-state index contributed by atoms with van der Waals surface area (Å²) < 4.78 is 0. The molecule has 3 N–H and O–H groups in total. The van der Waals surface area contributed by atoms with Crippen LogP contribution in [0.25, 0.3) is 0 Å². The first-order valence-corrected chi connectivity index (χ1v) is 6.65. The highest BCUT2D eigenvalue weighted by Crippen LogP contribution is 2.26. The van der Waals surface area contributed by atoms with Crippen molar-refractivity contribution in [3.05, 3.63) is 35.9 Å². The number of nitrogens with one attached hydrogen (secondary N) is 1. The molecule has 3 atom stereocenters. The maximum Gasteiger partial charge on any atom is 0.244 e. The van der Waals surface area contributed by atoms with Gasteiger partial charge in [-0.25, -0.2) is 0 Å². The molecular weight excluding hydrogens is 224 g/mol. The number of carbonyl (C=O) groups excluding carboxylic acids is 1. The number of rotatable bonds is 3. The lowest BCUT2D eigenvalue weighted by atomic mass is 9.92. The second-order valence-corrected chi connectivity index (χ2v) is 5.66. The maximum atomic E-state index is 12.3. The van der Waals surface area contributed by atoms with Gasteiger partial charge < -0.3 is 11.1 Å². The molecule has 1 aliphatic rings. The summed E-state index contributed by atoms with van der Waals surface area (Å²) in [4.78, 5) is 12.3. The smallest absolute Gasteiger partial charge is 0.244 e. The van der Waals surface area contributed by atoms with Gasteiger partial charge >= 0.3 is 0 Å². The van der Waals surface area contributed by atoms with Crippen LogP contribution in [0.15, 0.2) is 30.3 Å². The Bertz CT molecular complexity index is 414. The van der Waals surface area contributed by atoms with Crippen LogP contribution < -0.4 is 11.1 Å². The molecule has 1 aromatic rings. The Morgan fingerprint density at radius 3 is 2.56 bits per heavy atom. The molecule has 98 valence electrons. The Balaban J connectivity index is 2.04. The molecule has 18 heavy (non-hydrogen) atoms. The Hall–Kier alpha value is -1.35. The van der Waals surface area contributed by atoms with Crippen LogP contribution in [0.5, 0.6) is 0 Å². The molecule has 0 bridgehead atoms. The van der Waals surface area contributed by atoms with Gasteiger partial charge in [-0.3, -0.25) is 4.79 Å². The molecule has 0 saturated heterocycles. The number of carbonyl (C=O) groups is 1. The van der Waals surface area contributed by atoms with Crippen molar-refractivity contribution in [2.45, 2.75) is 44.7 Å². The van der Waals surface area contributed by atoms with Crippen molar-refractivity contribution in [3.63, 3.8) is 0 Å². The molecule has 2 rings (SSSR count). The summed E-state index contributed by atoms with van der Waals surface area (Å²) in [6.45, 7) is 4.00. The van der Waals surface area contributed by atoms with Crippen molar-refractivity contribution < 1.29 is 4.79 Å². The maximum absolute atomic E-state index is 12.3. The molecule has 1 amide bonds. The summed E-state index contributed by atoms with van der Waals surface area (Å²) in [6.07, 6.45) is 3.33. The third kappa shape index (κ3) is 2.72. The van der Waals surface area contributed by atoms with E-state index in [1.54, 1.807) is 6.92 Å². The molecule has 3 heteroatoms. The van der Waals surface area contributed by atoms with E-state index >= 15 is 0 Å². The minimum absolute atomic E-state index is 0.0761. The molecule has 1 fully saturated rings. The number of hydrogen-bond acceptors (Lipinski definition) is 2. The van der Waals surface area contributed by atoms with Gasteiger partial charge in [0.25, 0.3) is 0 Å². The molecule has 3 unspecified atom stereocenters. The zero-order valence-corrected chi connectivity index (χ0v) is 11.1. The highest BCUT2D eigenvalue weighted by atomic mass is 16.2. The van der Waals surface area contributed by atoms with Gasteiger partial charge in [-0.1, -0.05) is 37.3 Å². The van der Waals surface area contributed by atoms with E-state index in [-0.39, 0.29) is 5.91 Å². The van der Waals surface area contributed by atoms with Gasteiger partial charge in [0.2, 0.25) is 5.91 Å². The highest BCUT2D eigenvalue weighted by molar-refractivity contribution is 5.87. The van der Waals surface area contributed by atoms with E-state index in [1.807, 2.05) is 30.3 Å². The van der Waals surface area contributed by atoms with Crippen LogP contribution in [-0.2, 0) is 10.3 Å². The van der Waals surface area contributed by atoms with Gasteiger partial charge in [-0.05, 0) is 37.7 Å². The van der Waals surface area contributed by atoms with Crippen molar-refractivity contribution in [1.82, 2.24) is 5.32 Å². The van der Waals surface area contributed by atoms with E-state index < -0.39 is 5.54 Å². The van der Waals surface area contributed by atoms with Crippen LogP contribution in [-0.4, -0.2) is 11.9 Å². The zero-order chi connectivity index (χ0) is 13.2. The molecule has 0 radical (unpaired) electrons. The second kappa shape index (κ2) is 5.11. The van der Waals surface area contributed by atoms with Gasteiger partial charge in [0.1, 0.15) is 5.54 Å². The fourth-order valence-corrected chi connectivity index (χ4v) is 2.59. The quantitative estimate of drug-likeness (QED) is 0.858. The van der Waals surface area contributed by atoms with Crippen molar-refractivity contribution >= 4 is 5.91 Å². The predicted octanol–water partition coefficient (Wildman–Crippen LogP) is 2.17. The summed E-state index contributed by atoms with van der Waals surface area (Å²) in [5.41, 5.74) is 6.09. The van der Waals surface area contributed by atoms with Crippen LogP contribution in [0.1, 0.15) is 38.7 Å². The molecule has 1 aliphatic carbocycles. The Morgan fingerprint density at radius 1 is 1.33 bits per heavy atom. The van der Waals surface area contributed by atoms with Gasteiger partial charge in [-0.15, -0.1) is 0 Å². The molecule has 0 heterocycles. The summed E-state index contributed by atoms with van der Waals surface area (Å²) in [6, 6.07) is 9.83. The average Bonchev–Trinajstić information content (AvgIpc) is 2.76.